The van der Waals surface area contributed by atoms with Crippen LogP contribution in [0.15, 0.2) is 58.5 Å². The zero-order chi connectivity index (χ0) is 21.8. The van der Waals surface area contributed by atoms with Gasteiger partial charge in [0.05, 0.1) is 27.2 Å². The molecule has 1 amide bonds. The van der Waals surface area contributed by atoms with E-state index in [9.17, 15) is 4.79 Å². The van der Waals surface area contributed by atoms with Crippen LogP contribution in [-0.4, -0.2) is 21.9 Å². The Labute approximate surface area is 195 Å². The average molecular weight is 481 g/mol. The molecule has 0 aliphatic rings. The van der Waals surface area contributed by atoms with Gasteiger partial charge in [-0.3, -0.25) is 4.79 Å². The number of rotatable bonds is 6. The van der Waals surface area contributed by atoms with Crippen molar-refractivity contribution in [3.63, 3.8) is 0 Å². The zero-order valence-electron chi connectivity index (χ0n) is 16.6. The number of aryl methyl sites for hydroxylation is 1. The van der Waals surface area contributed by atoms with Gasteiger partial charge in [0, 0.05) is 26.9 Å². The van der Waals surface area contributed by atoms with Gasteiger partial charge in [-0.1, -0.05) is 40.9 Å². The standard InChI is InChI=1S/C22H20Cl3N3OS/c1-13-11-16(14(2)28(13)20-6-4-5-19(24)21(20)25)12-26-27-22(29)15(3)30-18-9-7-17(23)8-10-18/h4-12,15H,1-3H3,(H,27,29)/b26-12-/t15-/m0/s1. The average Bonchev–Trinajstić information content (AvgIpc) is 2.99. The van der Waals surface area contributed by atoms with Crippen molar-refractivity contribution in [1.29, 1.82) is 0 Å². The number of carbonyl (C=O) groups excluding carboxylic acids is 1. The second-order valence-corrected chi connectivity index (χ2v) is 9.32. The summed E-state index contributed by atoms with van der Waals surface area (Å²) in [6.45, 7) is 5.77. The summed E-state index contributed by atoms with van der Waals surface area (Å²) in [7, 11) is 0. The number of hydrogen-bond donors (Lipinski definition) is 1. The highest BCUT2D eigenvalue weighted by atomic mass is 35.5. The van der Waals surface area contributed by atoms with E-state index < -0.39 is 0 Å². The van der Waals surface area contributed by atoms with E-state index in [0.717, 1.165) is 27.5 Å². The molecular formula is C22H20Cl3N3OS. The van der Waals surface area contributed by atoms with Gasteiger partial charge in [0.15, 0.2) is 0 Å². The molecule has 1 aromatic heterocycles. The number of benzene rings is 2. The predicted molar refractivity (Wildman–Crippen MR) is 128 cm³/mol. The fraction of sp³-hybridized carbons (Fsp3) is 0.182. The van der Waals surface area contributed by atoms with Gasteiger partial charge in [-0.25, -0.2) is 5.43 Å². The van der Waals surface area contributed by atoms with Crippen LogP contribution in [0.3, 0.4) is 0 Å². The molecule has 0 fully saturated rings. The molecule has 0 unspecified atom stereocenters. The lowest BCUT2D eigenvalue weighted by atomic mass is 10.2. The predicted octanol–water partition coefficient (Wildman–Crippen LogP) is 6.69. The smallest absolute Gasteiger partial charge is 0.253 e. The first-order valence-electron chi connectivity index (χ1n) is 9.16. The van der Waals surface area contributed by atoms with Gasteiger partial charge in [0.2, 0.25) is 0 Å². The SMILES string of the molecule is Cc1cc(/C=N\NC(=O)[C@H](C)Sc2ccc(Cl)cc2)c(C)n1-c1cccc(Cl)c1Cl. The van der Waals surface area contributed by atoms with Crippen molar-refractivity contribution in [2.45, 2.75) is 30.9 Å². The first-order chi connectivity index (χ1) is 14.3. The Balaban J connectivity index is 1.70. The Morgan fingerprint density at radius 1 is 1.13 bits per heavy atom. The molecule has 0 aliphatic carbocycles. The van der Waals surface area contributed by atoms with Crippen LogP contribution in [0.1, 0.15) is 23.9 Å². The quantitative estimate of drug-likeness (QED) is 0.243. The summed E-state index contributed by atoms with van der Waals surface area (Å²) in [5.74, 6) is -0.183. The van der Waals surface area contributed by atoms with Crippen molar-refractivity contribution in [2.24, 2.45) is 5.10 Å². The number of thioether (sulfide) groups is 1. The zero-order valence-corrected chi connectivity index (χ0v) is 19.7. The Morgan fingerprint density at radius 2 is 1.83 bits per heavy atom. The summed E-state index contributed by atoms with van der Waals surface area (Å²) in [6.07, 6.45) is 1.63. The third-order valence-corrected chi connectivity index (χ3v) is 6.69. The van der Waals surface area contributed by atoms with Gasteiger partial charge in [0.25, 0.3) is 5.91 Å². The van der Waals surface area contributed by atoms with Gasteiger partial charge in [-0.05, 0) is 63.2 Å². The highest BCUT2D eigenvalue weighted by molar-refractivity contribution is 8.00. The Morgan fingerprint density at radius 3 is 2.53 bits per heavy atom. The maximum atomic E-state index is 12.4. The van der Waals surface area contributed by atoms with Crippen molar-refractivity contribution in [2.75, 3.05) is 0 Å². The molecule has 0 aliphatic heterocycles. The van der Waals surface area contributed by atoms with E-state index in [1.807, 2.05) is 55.7 Å². The maximum absolute atomic E-state index is 12.4. The molecule has 0 bridgehead atoms. The number of aromatic nitrogens is 1. The van der Waals surface area contributed by atoms with Gasteiger partial charge < -0.3 is 4.57 Å². The third kappa shape index (κ3) is 5.22. The molecule has 8 heteroatoms. The molecule has 1 heterocycles. The van der Waals surface area contributed by atoms with Crippen molar-refractivity contribution in [1.82, 2.24) is 9.99 Å². The highest BCUT2D eigenvalue weighted by Crippen LogP contribution is 2.31. The number of hydrogen-bond acceptors (Lipinski definition) is 3. The fourth-order valence-corrected chi connectivity index (χ4v) is 4.35. The molecular weight excluding hydrogens is 461 g/mol. The van der Waals surface area contributed by atoms with Crippen LogP contribution in [0.5, 0.6) is 0 Å². The second-order valence-electron chi connectivity index (χ2n) is 6.68. The van der Waals surface area contributed by atoms with E-state index in [2.05, 4.69) is 10.5 Å². The molecule has 0 spiro atoms. The summed E-state index contributed by atoms with van der Waals surface area (Å²) < 4.78 is 2.01. The van der Waals surface area contributed by atoms with Crippen LogP contribution in [0.2, 0.25) is 15.1 Å². The minimum Gasteiger partial charge on any atom is -0.316 e. The normalized spacial score (nSPS) is 12.3. The number of nitrogens with zero attached hydrogens (tertiary/aromatic N) is 2. The van der Waals surface area contributed by atoms with Gasteiger partial charge in [-0.2, -0.15) is 5.10 Å². The van der Waals surface area contributed by atoms with Gasteiger partial charge in [0.1, 0.15) is 0 Å². The molecule has 4 nitrogen and oxygen atoms in total. The van der Waals surface area contributed by atoms with E-state index >= 15 is 0 Å². The highest BCUT2D eigenvalue weighted by Gasteiger charge is 2.15. The molecule has 3 rings (SSSR count). The summed E-state index contributed by atoms with van der Waals surface area (Å²) in [5.41, 5.74) is 6.21. The van der Waals surface area contributed by atoms with Crippen LogP contribution in [0.25, 0.3) is 5.69 Å². The summed E-state index contributed by atoms with van der Waals surface area (Å²) in [4.78, 5) is 13.3. The molecule has 156 valence electrons. The van der Waals surface area contributed by atoms with E-state index in [4.69, 9.17) is 34.8 Å². The molecule has 0 radical (unpaired) electrons. The molecule has 1 N–H and O–H groups in total. The Kier molecular flexibility index (Phi) is 7.53. The molecule has 1 atom stereocenters. The largest absolute Gasteiger partial charge is 0.316 e. The fourth-order valence-electron chi connectivity index (χ4n) is 2.98. The molecule has 30 heavy (non-hydrogen) atoms. The Bertz CT molecular complexity index is 1090. The summed E-state index contributed by atoms with van der Waals surface area (Å²) in [6, 6.07) is 14.9. The number of halogens is 3. The second kappa shape index (κ2) is 9.92. The first kappa shape index (κ1) is 22.8. The van der Waals surface area contributed by atoms with E-state index in [1.54, 1.807) is 24.4 Å². The summed E-state index contributed by atoms with van der Waals surface area (Å²) in [5, 5.41) is 5.48. The van der Waals surface area contributed by atoms with Crippen molar-refractivity contribution in [3.05, 3.63) is 80.6 Å². The van der Waals surface area contributed by atoms with Crippen molar-refractivity contribution in [3.8, 4) is 5.69 Å². The van der Waals surface area contributed by atoms with Crippen molar-refractivity contribution >= 4 is 58.7 Å². The molecule has 3 aromatic rings. The van der Waals surface area contributed by atoms with E-state index in [1.165, 1.54) is 11.8 Å². The van der Waals surface area contributed by atoms with Crippen LogP contribution in [-0.2, 0) is 4.79 Å². The lowest BCUT2D eigenvalue weighted by Gasteiger charge is -2.12. The van der Waals surface area contributed by atoms with Gasteiger partial charge in [-0.15, -0.1) is 11.8 Å². The third-order valence-electron chi connectivity index (χ3n) is 4.52. The monoisotopic (exact) mass is 479 g/mol. The van der Waals surface area contributed by atoms with Crippen LogP contribution in [0.4, 0.5) is 0 Å². The molecule has 2 aromatic carbocycles. The minimum atomic E-state index is -0.305. The summed E-state index contributed by atoms with van der Waals surface area (Å²) >= 11 is 19.9. The maximum Gasteiger partial charge on any atom is 0.253 e. The number of hydrazone groups is 1. The van der Waals surface area contributed by atoms with E-state index in [0.29, 0.717) is 15.1 Å². The number of amides is 1. The van der Waals surface area contributed by atoms with Crippen LogP contribution in [0, 0.1) is 13.8 Å². The Hall–Kier alpha value is -1.92. The topological polar surface area (TPSA) is 46.4 Å². The molecule has 0 saturated heterocycles. The lowest BCUT2D eigenvalue weighted by Crippen LogP contribution is -2.26. The van der Waals surface area contributed by atoms with Gasteiger partial charge >= 0.3 is 0 Å². The van der Waals surface area contributed by atoms with Crippen LogP contribution >= 0.6 is 46.6 Å². The van der Waals surface area contributed by atoms with Crippen LogP contribution < -0.4 is 5.43 Å². The minimum absolute atomic E-state index is 0.183. The molecule has 0 saturated carbocycles. The van der Waals surface area contributed by atoms with E-state index in [-0.39, 0.29) is 11.2 Å². The van der Waals surface area contributed by atoms with Crippen molar-refractivity contribution < 1.29 is 4.79 Å². The first-order valence-corrected chi connectivity index (χ1v) is 11.2. The number of nitrogens with one attached hydrogen (secondary N) is 1. The lowest BCUT2D eigenvalue weighted by molar-refractivity contribution is -0.120. The number of carbonyl (C=O) groups is 1.